The first kappa shape index (κ1) is 10.8. The predicted octanol–water partition coefficient (Wildman–Crippen LogP) is 2.63. The maximum absolute atomic E-state index is 6.13. The van der Waals surface area contributed by atoms with Crippen LogP contribution in [-0.4, -0.2) is 4.98 Å². The van der Waals surface area contributed by atoms with Crippen LogP contribution in [0.3, 0.4) is 0 Å². The van der Waals surface area contributed by atoms with Gasteiger partial charge in [-0.05, 0) is 36.6 Å². The Morgan fingerprint density at radius 3 is 2.56 bits per heavy atom. The van der Waals surface area contributed by atoms with Crippen LogP contribution in [0, 0.1) is 6.92 Å². The summed E-state index contributed by atoms with van der Waals surface area (Å²) in [6.45, 7) is 2.11. The number of benzene rings is 1. The summed E-state index contributed by atoms with van der Waals surface area (Å²) in [6.07, 6.45) is 2.62. The third-order valence-corrected chi connectivity index (χ3v) is 2.77. The Bertz CT molecular complexity index is 451. The minimum Gasteiger partial charge on any atom is -0.322 e. The van der Waals surface area contributed by atoms with E-state index in [9.17, 15) is 0 Å². The smallest absolute Gasteiger partial charge is 0.0574 e. The molecule has 82 valence electrons. The summed E-state index contributed by atoms with van der Waals surface area (Å²) in [7, 11) is 0. The van der Waals surface area contributed by atoms with Crippen molar-refractivity contribution in [2.75, 3.05) is 0 Å². The predicted molar refractivity (Wildman–Crippen MR) is 66.0 cm³/mol. The number of aromatic nitrogens is 1. The highest BCUT2D eigenvalue weighted by Gasteiger charge is 2.08. The van der Waals surface area contributed by atoms with Gasteiger partial charge in [0.05, 0.1) is 11.7 Å². The summed E-state index contributed by atoms with van der Waals surface area (Å²) in [5, 5.41) is 0. The zero-order chi connectivity index (χ0) is 11.4. The summed E-state index contributed by atoms with van der Waals surface area (Å²) >= 11 is 0. The first-order valence-corrected chi connectivity index (χ1v) is 5.48. The van der Waals surface area contributed by atoms with E-state index in [1.54, 1.807) is 6.20 Å². The normalized spacial score (nSPS) is 12.4. The van der Waals surface area contributed by atoms with Gasteiger partial charge in [-0.25, -0.2) is 0 Å². The molecule has 0 spiro atoms. The van der Waals surface area contributed by atoms with Gasteiger partial charge < -0.3 is 5.73 Å². The minimum atomic E-state index is -0.0256. The topological polar surface area (TPSA) is 38.9 Å². The number of pyridine rings is 1. The van der Waals surface area contributed by atoms with Gasteiger partial charge in [-0.1, -0.05) is 30.3 Å². The number of aryl methyl sites for hydroxylation is 1. The SMILES string of the molecule is Cc1ccccc1CC(N)c1ccccn1. The van der Waals surface area contributed by atoms with E-state index in [0.717, 1.165) is 12.1 Å². The van der Waals surface area contributed by atoms with Gasteiger partial charge in [0.25, 0.3) is 0 Å². The van der Waals surface area contributed by atoms with Crippen molar-refractivity contribution in [3.63, 3.8) is 0 Å². The molecule has 16 heavy (non-hydrogen) atoms. The van der Waals surface area contributed by atoms with Crippen LogP contribution in [0.5, 0.6) is 0 Å². The zero-order valence-electron chi connectivity index (χ0n) is 9.43. The van der Waals surface area contributed by atoms with Gasteiger partial charge in [0, 0.05) is 6.20 Å². The van der Waals surface area contributed by atoms with E-state index < -0.39 is 0 Å². The van der Waals surface area contributed by atoms with Crippen LogP contribution in [0.2, 0.25) is 0 Å². The number of nitrogens with zero attached hydrogens (tertiary/aromatic N) is 1. The highest BCUT2D eigenvalue weighted by Crippen LogP contribution is 2.16. The van der Waals surface area contributed by atoms with E-state index in [1.165, 1.54) is 11.1 Å². The summed E-state index contributed by atoms with van der Waals surface area (Å²) in [5.41, 5.74) is 9.66. The van der Waals surface area contributed by atoms with Gasteiger partial charge in [-0.3, -0.25) is 4.98 Å². The Balaban J connectivity index is 2.14. The van der Waals surface area contributed by atoms with Crippen LogP contribution in [0.4, 0.5) is 0 Å². The molecule has 0 saturated carbocycles. The van der Waals surface area contributed by atoms with Gasteiger partial charge in [0.1, 0.15) is 0 Å². The third-order valence-electron chi connectivity index (χ3n) is 2.77. The van der Waals surface area contributed by atoms with Crippen molar-refractivity contribution in [1.82, 2.24) is 4.98 Å². The fourth-order valence-corrected chi connectivity index (χ4v) is 1.78. The second-order valence-electron chi connectivity index (χ2n) is 3.99. The summed E-state index contributed by atoms with van der Waals surface area (Å²) in [6, 6.07) is 14.2. The van der Waals surface area contributed by atoms with E-state index in [2.05, 4.69) is 24.0 Å². The van der Waals surface area contributed by atoms with Crippen LogP contribution in [0.15, 0.2) is 48.7 Å². The standard InChI is InChI=1S/C14H16N2/c1-11-6-2-3-7-12(11)10-13(15)14-8-4-5-9-16-14/h2-9,13H,10,15H2,1H3. The van der Waals surface area contributed by atoms with Gasteiger partial charge >= 0.3 is 0 Å². The second kappa shape index (κ2) is 4.90. The minimum absolute atomic E-state index is 0.0256. The van der Waals surface area contributed by atoms with Gasteiger partial charge in [-0.15, -0.1) is 0 Å². The largest absolute Gasteiger partial charge is 0.322 e. The molecule has 1 aromatic carbocycles. The lowest BCUT2D eigenvalue weighted by molar-refractivity contribution is 0.694. The molecule has 0 radical (unpaired) electrons. The Hall–Kier alpha value is -1.67. The van der Waals surface area contributed by atoms with Crippen LogP contribution in [0.25, 0.3) is 0 Å². The molecular formula is C14H16N2. The van der Waals surface area contributed by atoms with Gasteiger partial charge in [0.2, 0.25) is 0 Å². The van der Waals surface area contributed by atoms with Crippen LogP contribution in [0.1, 0.15) is 22.9 Å². The van der Waals surface area contributed by atoms with Crippen molar-refractivity contribution in [1.29, 1.82) is 0 Å². The Kier molecular flexibility index (Phi) is 3.32. The van der Waals surface area contributed by atoms with Crippen LogP contribution < -0.4 is 5.73 Å². The highest BCUT2D eigenvalue weighted by molar-refractivity contribution is 5.27. The summed E-state index contributed by atoms with van der Waals surface area (Å²) < 4.78 is 0. The molecule has 0 fully saturated rings. The maximum Gasteiger partial charge on any atom is 0.0574 e. The quantitative estimate of drug-likeness (QED) is 0.849. The number of rotatable bonds is 3. The average molecular weight is 212 g/mol. The lowest BCUT2D eigenvalue weighted by Crippen LogP contribution is -2.15. The Morgan fingerprint density at radius 1 is 1.12 bits per heavy atom. The average Bonchev–Trinajstić information content (AvgIpc) is 2.33. The molecule has 2 heteroatoms. The van der Waals surface area contributed by atoms with Gasteiger partial charge in [0.15, 0.2) is 0 Å². The molecule has 2 rings (SSSR count). The first-order chi connectivity index (χ1) is 7.77. The molecule has 0 saturated heterocycles. The molecule has 1 unspecified atom stereocenters. The Labute approximate surface area is 96.1 Å². The molecule has 1 atom stereocenters. The zero-order valence-corrected chi connectivity index (χ0v) is 9.43. The van der Waals surface area contributed by atoms with Crippen molar-refractivity contribution >= 4 is 0 Å². The molecule has 0 aliphatic rings. The van der Waals surface area contributed by atoms with Crippen molar-refractivity contribution in [2.45, 2.75) is 19.4 Å². The van der Waals surface area contributed by atoms with Crippen molar-refractivity contribution in [3.8, 4) is 0 Å². The van der Waals surface area contributed by atoms with Crippen LogP contribution in [-0.2, 0) is 6.42 Å². The third kappa shape index (κ3) is 2.47. The van der Waals surface area contributed by atoms with E-state index in [-0.39, 0.29) is 6.04 Å². The first-order valence-electron chi connectivity index (χ1n) is 5.48. The van der Waals surface area contributed by atoms with E-state index in [1.807, 2.05) is 30.3 Å². The molecule has 2 aromatic rings. The van der Waals surface area contributed by atoms with Crippen LogP contribution >= 0.6 is 0 Å². The molecule has 0 amide bonds. The van der Waals surface area contributed by atoms with Gasteiger partial charge in [-0.2, -0.15) is 0 Å². The molecule has 2 N–H and O–H groups in total. The fourth-order valence-electron chi connectivity index (χ4n) is 1.78. The van der Waals surface area contributed by atoms with E-state index >= 15 is 0 Å². The monoisotopic (exact) mass is 212 g/mol. The summed E-state index contributed by atoms with van der Waals surface area (Å²) in [5.74, 6) is 0. The van der Waals surface area contributed by atoms with Crippen molar-refractivity contribution in [3.05, 3.63) is 65.5 Å². The van der Waals surface area contributed by atoms with Crippen molar-refractivity contribution < 1.29 is 0 Å². The van der Waals surface area contributed by atoms with E-state index in [4.69, 9.17) is 5.73 Å². The lowest BCUT2D eigenvalue weighted by Gasteiger charge is -2.12. The highest BCUT2D eigenvalue weighted by atomic mass is 14.8. The second-order valence-corrected chi connectivity index (χ2v) is 3.99. The lowest BCUT2D eigenvalue weighted by atomic mass is 10.00. The number of hydrogen-bond acceptors (Lipinski definition) is 2. The van der Waals surface area contributed by atoms with E-state index in [0.29, 0.717) is 0 Å². The fraction of sp³-hybridized carbons (Fsp3) is 0.214. The molecule has 0 aliphatic heterocycles. The molecule has 1 aromatic heterocycles. The molecule has 0 bridgehead atoms. The summed E-state index contributed by atoms with van der Waals surface area (Å²) in [4.78, 5) is 4.28. The number of nitrogens with two attached hydrogens (primary N) is 1. The van der Waals surface area contributed by atoms with Crippen molar-refractivity contribution in [2.24, 2.45) is 5.73 Å². The number of hydrogen-bond donors (Lipinski definition) is 1. The Morgan fingerprint density at radius 2 is 1.88 bits per heavy atom. The molecule has 0 aliphatic carbocycles. The molecule has 1 heterocycles. The maximum atomic E-state index is 6.13. The molecular weight excluding hydrogens is 196 g/mol. The molecule has 2 nitrogen and oxygen atoms in total.